The smallest absolute Gasteiger partial charge is 0.335 e. The van der Waals surface area contributed by atoms with E-state index in [1.165, 1.54) is 12.1 Å². The molecule has 4 aromatic heterocycles. The molecule has 0 amide bonds. The van der Waals surface area contributed by atoms with Gasteiger partial charge in [-0.3, -0.25) is 9.59 Å². The van der Waals surface area contributed by atoms with Crippen LogP contribution in [0, 0.1) is 0 Å². The molecule has 4 aromatic carbocycles. The van der Waals surface area contributed by atoms with Crippen LogP contribution < -0.4 is 10.9 Å². The van der Waals surface area contributed by atoms with Gasteiger partial charge in [-0.25, -0.2) is 4.79 Å². The first-order valence-corrected chi connectivity index (χ1v) is 10.1. The third-order valence-corrected chi connectivity index (χ3v) is 5.22. The summed E-state index contributed by atoms with van der Waals surface area (Å²) in [6.07, 6.45) is 0. The van der Waals surface area contributed by atoms with Gasteiger partial charge in [0.1, 0.15) is 22.3 Å². The molecule has 0 atom stereocenters. The predicted molar refractivity (Wildman–Crippen MR) is 127 cm³/mol. The fourth-order valence-electron chi connectivity index (χ4n) is 3.57. The van der Waals surface area contributed by atoms with Gasteiger partial charge in [-0.2, -0.15) is 0 Å². The van der Waals surface area contributed by atoms with Crippen LogP contribution in [0.5, 0.6) is 0 Å². The van der Waals surface area contributed by atoms with Gasteiger partial charge in [0.2, 0.25) is 0 Å². The van der Waals surface area contributed by atoms with Gasteiger partial charge in [0.15, 0.2) is 10.9 Å². The summed E-state index contributed by atoms with van der Waals surface area (Å²) in [6.45, 7) is 0. The number of carbonyl (C=O) groups is 1. The van der Waals surface area contributed by atoms with E-state index in [9.17, 15) is 19.5 Å². The Morgan fingerprint density at radius 1 is 0.545 bits per heavy atom. The highest BCUT2D eigenvalue weighted by molar-refractivity contribution is 5.91. The fraction of sp³-hybridized carbons (Fsp3) is 0. The quantitative estimate of drug-likeness (QED) is 0.368. The Hall–Kier alpha value is -4.71. The number of benzene rings is 4. The van der Waals surface area contributed by atoms with E-state index in [-0.39, 0.29) is 27.6 Å². The first-order valence-electron chi connectivity index (χ1n) is 10.1. The number of rotatable bonds is 1. The van der Waals surface area contributed by atoms with E-state index in [0.29, 0.717) is 32.7 Å². The van der Waals surface area contributed by atoms with Crippen molar-refractivity contribution in [2.24, 2.45) is 0 Å². The van der Waals surface area contributed by atoms with Gasteiger partial charge in [0, 0.05) is 27.6 Å². The van der Waals surface area contributed by atoms with Crippen molar-refractivity contribution >= 4 is 49.8 Å². The maximum atomic E-state index is 13.0. The molecule has 0 radical (unpaired) electrons. The van der Waals surface area contributed by atoms with E-state index in [1.807, 2.05) is 0 Å². The standard InChI is InChI=1S/C27H16O6/c28-25-16-4-8-21(9-5-16)32-23-13-20(27(30)31)14-24(15-23)33-22-10-6-17(7-11-22)26(29)19-3-1-2-18(25)12-19/h1-15H,(H,30,31). The van der Waals surface area contributed by atoms with Gasteiger partial charge in [0.25, 0.3) is 0 Å². The highest BCUT2D eigenvalue weighted by Crippen LogP contribution is 2.16. The molecule has 0 fully saturated rings. The van der Waals surface area contributed by atoms with Crippen molar-refractivity contribution in [1.82, 2.24) is 0 Å². The second-order valence-corrected chi connectivity index (χ2v) is 7.49. The highest BCUT2D eigenvalue weighted by atomic mass is 16.4. The lowest BCUT2D eigenvalue weighted by atomic mass is 10.1. The summed E-state index contributed by atoms with van der Waals surface area (Å²) in [5, 5.41) is 11.1. The lowest BCUT2D eigenvalue weighted by molar-refractivity contribution is 0.0697. The number of carboxylic acid groups (broad SMARTS) is 1. The minimum absolute atomic E-state index is 0.00557. The molecule has 0 saturated carbocycles. The molecule has 4 heterocycles. The van der Waals surface area contributed by atoms with Crippen LogP contribution in [-0.4, -0.2) is 11.1 Å². The van der Waals surface area contributed by atoms with Gasteiger partial charge < -0.3 is 13.9 Å². The van der Waals surface area contributed by atoms with Gasteiger partial charge >= 0.3 is 5.97 Å². The lowest BCUT2D eigenvalue weighted by Gasteiger charge is -1.98. The minimum atomic E-state index is -1.13. The summed E-state index contributed by atoms with van der Waals surface area (Å²) in [5.74, 6) is -1.13. The molecule has 160 valence electrons. The van der Waals surface area contributed by atoms with Crippen molar-refractivity contribution < 1.29 is 18.7 Å². The summed E-state index contributed by atoms with van der Waals surface area (Å²) in [7, 11) is 0. The number of carboxylic acids is 1. The van der Waals surface area contributed by atoms with Crippen LogP contribution in [0.1, 0.15) is 10.4 Å². The largest absolute Gasteiger partial charge is 0.478 e. The van der Waals surface area contributed by atoms with E-state index in [0.717, 1.165) is 0 Å². The predicted octanol–water partition coefficient (Wildman–Crippen LogP) is 5.59. The Balaban J connectivity index is 1.96. The van der Waals surface area contributed by atoms with Gasteiger partial charge in [-0.1, -0.05) is 18.2 Å². The van der Waals surface area contributed by atoms with Gasteiger partial charge in [-0.15, -0.1) is 0 Å². The minimum Gasteiger partial charge on any atom is -0.478 e. The van der Waals surface area contributed by atoms with E-state index >= 15 is 0 Å². The molecule has 0 saturated heterocycles. The molecule has 0 aliphatic rings. The molecular weight excluding hydrogens is 420 g/mol. The molecule has 1 N–H and O–H groups in total. The van der Waals surface area contributed by atoms with E-state index in [4.69, 9.17) is 8.83 Å². The summed E-state index contributed by atoms with van der Waals surface area (Å²) < 4.78 is 11.7. The second-order valence-electron chi connectivity index (χ2n) is 7.49. The zero-order valence-electron chi connectivity index (χ0n) is 17.1. The normalized spacial score (nSPS) is 10.9. The Labute approximate surface area is 185 Å². The van der Waals surface area contributed by atoms with Crippen molar-refractivity contribution in [2.45, 2.75) is 0 Å². The van der Waals surface area contributed by atoms with Crippen LogP contribution in [-0.2, 0) is 0 Å². The van der Waals surface area contributed by atoms with E-state index in [2.05, 4.69) is 0 Å². The molecule has 0 unspecified atom stereocenters. The van der Waals surface area contributed by atoms with Crippen molar-refractivity contribution in [2.75, 3.05) is 0 Å². The lowest BCUT2D eigenvalue weighted by Crippen LogP contribution is -2.01. The van der Waals surface area contributed by atoms with Crippen LogP contribution in [0.3, 0.4) is 0 Å². The second kappa shape index (κ2) is 8.09. The van der Waals surface area contributed by atoms with Gasteiger partial charge in [-0.05, 0) is 66.7 Å². The maximum Gasteiger partial charge on any atom is 0.335 e. The molecule has 6 nitrogen and oxygen atoms in total. The summed E-state index contributed by atoms with van der Waals surface area (Å²) in [5.41, 5.74) is 0.930. The van der Waals surface area contributed by atoms with Crippen LogP contribution >= 0.6 is 0 Å². The first kappa shape index (κ1) is 20.2. The summed E-state index contributed by atoms with van der Waals surface area (Å²) >= 11 is 0. The molecule has 8 rings (SSSR count). The topological polar surface area (TPSA) is 97.7 Å². The van der Waals surface area contributed by atoms with Crippen LogP contribution in [0.25, 0.3) is 43.9 Å². The Morgan fingerprint density at radius 2 is 1.00 bits per heavy atom. The average molecular weight is 436 g/mol. The molecule has 6 heteroatoms. The third kappa shape index (κ3) is 4.09. The monoisotopic (exact) mass is 436 g/mol. The highest BCUT2D eigenvalue weighted by Gasteiger charge is 2.05. The van der Waals surface area contributed by atoms with Crippen molar-refractivity contribution in [3.05, 3.63) is 117 Å². The molecular formula is C27H16O6. The van der Waals surface area contributed by atoms with Gasteiger partial charge in [0.05, 0.1) is 5.56 Å². The molecule has 8 aromatic rings. The molecule has 0 aliphatic heterocycles. The Morgan fingerprint density at radius 3 is 1.42 bits per heavy atom. The fourth-order valence-corrected chi connectivity index (χ4v) is 3.57. The van der Waals surface area contributed by atoms with Crippen molar-refractivity contribution in [1.29, 1.82) is 0 Å². The van der Waals surface area contributed by atoms with E-state index in [1.54, 1.807) is 78.9 Å². The zero-order valence-corrected chi connectivity index (χ0v) is 17.1. The average Bonchev–Trinajstić information content (AvgIpc) is 2.83. The molecule has 33 heavy (non-hydrogen) atoms. The molecule has 8 bridgehead atoms. The van der Waals surface area contributed by atoms with Crippen molar-refractivity contribution in [3.63, 3.8) is 0 Å². The molecule has 0 spiro atoms. The van der Waals surface area contributed by atoms with Crippen LogP contribution in [0.4, 0.5) is 0 Å². The SMILES string of the molecule is O=C(O)c1cc2cc(c1)oc1ccc(cc1)c(=O)c1cccc(c1)c(=O)c1ccc(cc1)o2. The first-order chi connectivity index (χ1) is 16.0. The van der Waals surface area contributed by atoms with E-state index < -0.39 is 5.97 Å². The Bertz CT molecular complexity index is 1630. The summed E-state index contributed by atoms with van der Waals surface area (Å²) in [4.78, 5) is 37.5. The maximum absolute atomic E-state index is 13.0. The zero-order chi connectivity index (χ0) is 22.9. The third-order valence-electron chi connectivity index (χ3n) is 5.22. The molecule has 0 aliphatic carbocycles. The van der Waals surface area contributed by atoms with Crippen LogP contribution in [0.2, 0.25) is 0 Å². The number of hydrogen-bond acceptors (Lipinski definition) is 5. The van der Waals surface area contributed by atoms with Crippen molar-refractivity contribution in [3.8, 4) is 0 Å². The Kier molecular flexibility index (Phi) is 4.95. The van der Waals surface area contributed by atoms with Crippen LogP contribution in [0.15, 0.2) is 109 Å². The summed E-state index contributed by atoms with van der Waals surface area (Å²) in [6, 6.07) is 23.9. The number of aromatic carboxylic acids is 1. The number of hydrogen-bond donors (Lipinski definition) is 1.